The predicted octanol–water partition coefficient (Wildman–Crippen LogP) is 7.72. The third-order valence-corrected chi connectivity index (χ3v) is 6.25. The van der Waals surface area contributed by atoms with Crippen molar-refractivity contribution in [1.82, 2.24) is 15.0 Å². The summed E-state index contributed by atoms with van der Waals surface area (Å²) >= 11 is 0. The zero-order chi connectivity index (χ0) is 29.7. The minimum Gasteiger partial charge on any atom is -0.475 e. The summed E-state index contributed by atoms with van der Waals surface area (Å²) in [6.07, 6.45) is -1.71. The second-order valence-electron chi connectivity index (χ2n) is 9.06. The molecule has 2 aromatic heterocycles. The van der Waals surface area contributed by atoms with Gasteiger partial charge < -0.3 is 20.7 Å². The van der Waals surface area contributed by atoms with Crippen LogP contribution in [0.15, 0.2) is 110 Å². The molecule has 2 heterocycles. The van der Waals surface area contributed by atoms with E-state index in [9.17, 15) is 18.0 Å². The number of carboxylic acid groups (broad SMARTS) is 1. The molecule has 2 amide bonds. The molecule has 0 saturated carbocycles. The van der Waals surface area contributed by atoms with Crippen molar-refractivity contribution in [2.75, 3.05) is 10.6 Å². The number of H-pyrrole nitrogens is 1. The molecule has 42 heavy (non-hydrogen) atoms. The molecule has 0 fully saturated rings. The molecule has 0 aliphatic carbocycles. The van der Waals surface area contributed by atoms with E-state index >= 15 is 0 Å². The van der Waals surface area contributed by atoms with E-state index in [1.54, 1.807) is 12.5 Å². The Morgan fingerprint density at radius 1 is 0.714 bits per heavy atom. The van der Waals surface area contributed by atoms with Crippen molar-refractivity contribution >= 4 is 45.3 Å². The summed E-state index contributed by atoms with van der Waals surface area (Å²) in [5.41, 5.74) is 7.25. The van der Waals surface area contributed by atoms with Gasteiger partial charge in [-0.15, -0.1) is 0 Å². The van der Waals surface area contributed by atoms with Gasteiger partial charge in [0.15, 0.2) is 5.65 Å². The summed E-state index contributed by atoms with van der Waals surface area (Å²) in [6, 6.07) is 31.9. The minimum atomic E-state index is -5.08. The largest absolute Gasteiger partial charge is 0.490 e. The van der Waals surface area contributed by atoms with Gasteiger partial charge >= 0.3 is 18.2 Å². The second-order valence-corrected chi connectivity index (χ2v) is 9.06. The monoisotopic (exact) mass is 569 g/mol. The molecule has 0 spiro atoms. The quantitative estimate of drug-likeness (QED) is 0.173. The normalized spacial score (nSPS) is 11.0. The maximum Gasteiger partial charge on any atom is 0.490 e. The highest BCUT2D eigenvalue weighted by molar-refractivity contribution is 6.00. The van der Waals surface area contributed by atoms with Crippen molar-refractivity contribution in [2.24, 2.45) is 0 Å². The molecule has 4 aromatic carbocycles. The number of aromatic amines is 1. The number of alkyl halides is 3. The highest BCUT2D eigenvalue weighted by atomic mass is 19.4. The molecular weight excluding hydrogens is 547 g/mol. The van der Waals surface area contributed by atoms with Crippen LogP contribution in [0.1, 0.15) is 0 Å². The number of hydrogen-bond donors (Lipinski definition) is 4. The number of hydrogen-bond acceptors (Lipinski definition) is 4. The SMILES string of the molecule is O=C(Nc1ccc(-c2ccc3ccccc3c2)cc1)Nc1ccc(-c2ccnc3nc[nH]c23)cc1.O=C(O)C(F)(F)F. The summed E-state index contributed by atoms with van der Waals surface area (Å²) < 4.78 is 31.7. The van der Waals surface area contributed by atoms with Crippen molar-refractivity contribution in [2.45, 2.75) is 6.18 Å². The van der Waals surface area contributed by atoms with Crippen molar-refractivity contribution in [3.05, 3.63) is 110 Å². The number of carbonyl (C=O) groups is 2. The van der Waals surface area contributed by atoms with Gasteiger partial charge in [-0.2, -0.15) is 13.2 Å². The summed E-state index contributed by atoms with van der Waals surface area (Å²) in [6.45, 7) is 0. The van der Waals surface area contributed by atoms with Crippen LogP contribution in [0, 0.1) is 0 Å². The van der Waals surface area contributed by atoms with Crippen LogP contribution in [-0.2, 0) is 4.79 Å². The molecule has 6 rings (SSSR count). The van der Waals surface area contributed by atoms with Crippen LogP contribution < -0.4 is 10.6 Å². The molecule has 4 N–H and O–H groups in total. The van der Waals surface area contributed by atoms with Crippen molar-refractivity contribution in [1.29, 1.82) is 0 Å². The molecule has 0 atom stereocenters. The summed E-state index contributed by atoms with van der Waals surface area (Å²) in [5.74, 6) is -2.76. The molecule has 0 bridgehead atoms. The number of aliphatic carboxylic acids is 1. The van der Waals surface area contributed by atoms with E-state index in [4.69, 9.17) is 9.90 Å². The van der Waals surface area contributed by atoms with Crippen molar-refractivity contribution < 1.29 is 27.9 Å². The van der Waals surface area contributed by atoms with Gasteiger partial charge in [0.2, 0.25) is 0 Å². The molecule has 0 saturated heterocycles. The Morgan fingerprint density at radius 3 is 1.90 bits per heavy atom. The van der Waals surface area contributed by atoms with Crippen molar-refractivity contribution in [3.8, 4) is 22.3 Å². The number of aromatic nitrogens is 3. The topological polar surface area (TPSA) is 120 Å². The Morgan fingerprint density at radius 2 is 1.29 bits per heavy atom. The second kappa shape index (κ2) is 11.8. The van der Waals surface area contributed by atoms with E-state index < -0.39 is 12.1 Å². The van der Waals surface area contributed by atoms with Crippen LogP contribution in [-0.4, -0.2) is 38.2 Å². The van der Waals surface area contributed by atoms with Gasteiger partial charge in [-0.3, -0.25) is 0 Å². The first kappa shape index (κ1) is 27.8. The van der Waals surface area contributed by atoms with Crippen LogP contribution >= 0.6 is 0 Å². The van der Waals surface area contributed by atoms with Crippen LogP contribution in [0.4, 0.5) is 29.3 Å². The first-order chi connectivity index (χ1) is 20.2. The van der Waals surface area contributed by atoms with Gasteiger partial charge in [0, 0.05) is 23.1 Å². The Kier molecular flexibility index (Phi) is 7.82. The average molecular weight is 570 g/mol. The lowest BCUT2D eigenvalue weighted by Gasteiger charge is -2.10. The molecule has 11 heteroatoms. The number of rotatable bonds is 4. The number of pyridine rings is 1. The number of nitrogens with one attached hydrogen (secondary N) is 3. The molecule has 0 aliphatic heterocycles. The zero-order valence-corrected chi connectivity index (χ0v) is 21.7. The Labute approximate surface area is 236 Å². The van der Waals surface area contributed by atoms with Gasteiger partial charge in [0.05, 0.1) is 11.8 Å². The zero-order valence-electron chi connectivity index (χ0n) is 21.7. The van der Waals surface area contributed by atoms with Crippen molar-refractivity contribution in [3.63, 3.8) is 0 Å². The first-order valence-electron chi connectivity index (χ1n) is 12.5. The van der Waals surface area contributed by atoms with Crippen LogP contribution in [0.3, 0.4) is 0 Å². The number of amides is 2. The van der Waals surface area contributed by atoms with Gasteiger partial charge in [-0.1, -0.05) is 60.7 Å². The van der Waals surface area contributed by atoms with E-state index in [-0.39, 0.29) is 6.03 Å². The van der Waals surface area contributed by atoms with Gasteiger partial charge in [0.25, 0.3) is 0 Å². The molecular formula is C31H22F3N5O3. The number of urea groups is 1. The summed E-state index contributed by atoms with van der Waals surface area (Å²) in [7, 11) is 0. The average Bonchev–Trinajstić information content (AvgIpc) is 3.47. The van der Waals surface area contributed by atoms with E-state index in [0.717, 1.165) is 33.5 Å². The summed E-state index contributed by atoms with van der Waals surface area (Å²) in [4.78, 5) is 33.0. The lowest BCUT2D eigenvalue weighted by atomic mass is 10.0. The fraction of sp³-hybridized carbons (Fsp3) is 0.0323. The maximum atomic E-state index is 12.5. The fourth-order valence-electron chi connectivity index (χ4n) is 4.23. The number of benzene rings is 4. The van der Waals surface area contributed by atoms with E-state index in [0.29, 0.717) is 11.3 Å². The lowest BCUT2D eigenvalue weighted by Crippen LogP contribution is -2.21. The van der Waals surface area contributed by atoms with Crippen LogP contribution in [0.2, 0.25) is 0 Å². The Balaban J connectivity index is 0.000000451. The number of halogens is 3. The predicted molar refractivity (Wildman–Crippen MR) is 155 cm³/mol. The van der Waals surface area contributed by atoms with Gasteiger partial charge in [0.1, 0.15) is 0 Å². The smallest absolute Gasteiger partial charge is 0.475 e. The maximum absolute atomic E-state index is 12.5. The van der Waals surface area contributed by atoms with Crippen LogP contribution in [0.25, 0.3) is 44.2 Å². The molecule has 0 unspecified atom stereocenters. The van der Waals surface area contributed by atoms with Gasteiger partial charge in [-0.25, -0.2) is 19.6 Å². The molecule has 0 aliphatic rings. The number of carboxylic acids is 1. The van der Waals surface area contributed by atoms with E-state index in [1.165, 1.54) is 10.8 Å². The van der Waals surface area contributed by atoms with E-state index in [1.807, 2.05) is 66.7 Å². The fourth-order valence-corrected chi connectivity index (χ4v) is 4.23. The number of nitrogens with zero attached hydrogens (tertiary/aromatic N) is 2. The highest BCUT2D eigenvalue weighted by Crippen LogP contribution is 2.27. The Bertz CT molecular complexity index is 1870. The first-order valence-corrected chi connectivity index (χ1v) is 12.5. The number of imidazole rings is 1. The van der Waals surface area contributed by atoms with Crippen LogP contribution in [0.5, 0.6) is 0 Å². The standard InChI is InChI=1S/C29H21N5O.C2HF3O2/c35-29(34-25-13-9-21(10-14-25)26-15-16-30-28-27(26)31-18-32-28)33-24-11-7-20(8-12-24)23-6-5-19-3-1-2-4-22(19)17-23;3-2(4,5)1(6)7/h1-18H,(H,30,31,32)(H2,33,34,35);(H,6,7). The molecule has 210 valence electrons. The number of carbonyl (C=O) groups excluding carboxylic acids is 1. The Hall–Kier alpha value is -5.71. The van der Waals surface area contributed by atoms with E-state index in [2.05, 4.69) is 55.9 Å². The third-order valence-electron chi connectivity index (χ3n) is 6.25. The van der Waals surface area contributed by atoms with Gasteiger partial charge in [-0.05, 0) is 63.9 Å². The number of fused-ring (bicyclic) bond motifs is 2. The highest BCUT2D eigenvalue weighted by Gasteiger charge is 2.38. The minimum absolute atomic E-state index is 0.295. The molecule has 6 aromatic rings. The third kappa shape index (κ3) is 6.53. The molecule has 8 nitrogen and oxygen atoms in total. The number of anilines is 2. The molecule has 0 radical (unpaired) electrons. The summed E-state index contributed by atoms with van der Waals surface area (Å²) in [5, 5.41) is 15.3. The lowest BCUT2D eigenvalue weighted by molar-refractivity contribution is -0.192.